The highest BCUT2D eigenvalue weighted by atomic mass is 35.5. The van der Waals surface area contributed by atoms with E-state index in [2.05, 4.69) is 4.84 Å². The van der Waals surface area contributed by atoms with E-state index in [-0.39, 0.29) is 23.0 Å². The number of hydrogen-bond acceptors (Lipinski definition) is 4. The van der Waals surface area contributed by atoms with Crippen molar-refractivity contribution in [2.24, 2.45) is 0 Å². The van der Waals surface area contributed by atoms with Gasteiger partial charge in [0.1, 0.15) is 0 Å². The Morgan fingerprint density at radius 1 is 1.25 bits per heavy atom. The second-order valence-corrected chi connectivity index (χ2v) is 6.89. The Morgan fingerprint density at radius 2 is 1.83 bits per heavy atom. The third-order valence-electron chi connectivity index (χ3n) is 3.04. The Balaban J connectivity index is 1.97. The Morgan fingerprint density at radius 3 is 2.29 bits per heavy atom. The van der Waals surface area contributed by atoms with E-state index >= 15 is 0 Å². The molecule has 1 aromatic carbocycles. The fourth-order valence-corrected chi connectivity index (χ4v) is 3.62. The van der Waals surface area contributed by atoms with Gasteiger partial charge in [-0.15, -0.1) is 5.06 Å². The van der Waals surface area contributed by atoms with E-state index in [4.69, 9.17) is 11.6 Å². The van der Waals surface area contributed by atoms with Gasteiger partial charge in [-0.2, -0.15) is 26.3 Å². The minimum Gasteiger partial charge on any atom is -0.611 e. The van der Waals surface area contributed by atoms with Crippen molar-refractivity contribution in [2.75, 3.05) is 13.1 Å². The second-order valence-electron chi connectivity index (χ2n) is 4.79. The first-order valence-corrected chi connectivity index (χ1v) is 7.80. The summed E-state index contributed by atoms with van der Waals surface area (Å²) in [6.45, 7) is -0.516. The summed E-state index contributed by atoms with van der Waals surface area (Å²) in [7, 11) is 0. The van der Waals surface area contributed by atoms with Crippen molar-refractivity contribution in [3.63, 3.8) is 0 Å². The van der Waals surface area contributed by atoms with Gasteiger partial charge in [0.2, 0.25) is 0 Å². The van der Waals surface area contributed by atoms with Crippen LogP contribution in [0.3, 0.4) is 0 Å². The zero-order valence-electron chi connectivity index (χ0n) is 11.4. The molecule has 4 nitrogen and oxygen atoms in total. The molecule has 1 aliphatic rings. The molecule has 0 aromatic heterocycles. The number of hydrogen-bond donors (Lipinski definition) is 0. The van der Waals surface area contributed by atoms with Crippen molar-refractivity contribution in [1.29, 1.82) is 0 Å². The first-order valence-electron chi connectivity index (χ1n) is 6.21. The molecule has 1 unspecified atom stereocenters. The molecule has 0 saturated carbocycles. The third-order valence-corrected chi connectivity index (χ3v) is 5.15. The van der Waals surface area contributed by atoms with E-state index in [1.807, 2.05) is 0 Å². The molecule has 0 aliphatic carbocycles. The SMILES string of the molecule is O=C(ON1CC([S+]([O-])c2ccc(C(F)(F)F)cc2Cl)C1)C(F)(F)F. The van der Waals surface area contributed by atoms with Crippen LogP contribution in [-0.2, 0) is 27.0 Å². The van der Waals surface area contributed by atoms with E-state index in [0.29, 0.717) is 17.2 Å². The largest absolute Gasteiger partial charge is 0.611 e. The number of halogens is 7. The van der Waals surface area contributed by atoms with Crippen LogP contribution in [0.15, 0.2) is 23.1 Å². The lowest BCUT2D eigenvalue weighted by molar-refractivity contribution is -0.249. The van der Waals surface area contributed by atoms with E-state index < -0.39 is 40.3 Å². The van der Waals surface area contributed by atoms with Crippen LogP contribution in [0.1, 0.15) is 5.56 Å². The van der Waals surface area contributed by atoms with E-state index in [1.54, 1.807) is 0 Å². The smallest absolute Gasteiger partial charge is 0.492 e. The van der Waals surface area contributed by atoms with Crippen molar-refractivity contribution in [3.05, 3.63) is 28.8 Å². The minimum atomic E-state index is -5.15. The maximum absolute atomic E-state index is 12.5. The molecular weight excluding hydrogens is 388 g/mol. The lowest BCUT2D eigenvalue weighted by Gasteiger charge is -2.37. The zero-order valence-corrected chi connectivity index (χ0v) is 13.0. The highest BCUT2D eigenvalue weighted by Crippen LogP contribution is 2.35. The molecule has 1 heterocycles. The molecule has 134 valence electrons. The van der Waals surface area contributed by atoms with E-state index in [1.165, 1.54) is 0 Å². The number of carbonyl (C=O) groups is 1. The highest BCUT2D eigenvalue weighted by Gasteiger charge is 2.47. The van der Waals surface area contributed by atoms with Gasteiger partial charge in [0, 0.05) is 0 Å². The molecule has 0 N–H and O–H groups in total. The number of nitrogens with zero attached hydrogens (tertiary/aromatic N) is 1. The number of benzene rings is 1. The molecule has 12 heteroatoms. The van der Waals surface area contributed by atoms with E-state index in [9.17, 15) is 35.7 Å². The fraction of sp³-hybridized carbons (Fsp3) is 0.417. The number of carbonyl (C=O) groups excluding carboxylic acids is 1. The Bertz CT molecular complexity index is 632. The fourth-order valence-electron chi connectivity index (χ4n) is 1.80. The molecule has 1 aromatic rings. The summed E-state index contributed by atoms with van der Waals surface area (Å²) in [6.07, 6.45) is -9.76. The Kier molecular flexibility index (Phi) is 5.28. The molecule has 2 rings (SSSR count). The van der Waals surface area contributed by atoms with Crippen LogP contribution in [-0.4, -0.2) is 40.1 Å². The molecular formula is C12H8ClF6NO3S. The maximum Gasteiger partial charge on any atom is 0.492 e. The Labute approximate surface area is 139 Å². The maximum atomic E-state index is 12.5. The van der Waals surface area contributed by atoms with Crippen molar-refractivity contribution in [2.45, 2.75) is 22.5 Å². The predicted molar refractivity (Wildman–Crippen MR) is 70.4 cm³/mol. The van der Waals surface area contributed by atoms with Gasteiger partial charge in [-0.3, -0.25) is 0 Å². The predicted octanol–water partition coefficient (Wildman–Crippen LogP) is 3.17. The summed E-state index contributed by atoms with van der Waals surface area (Å²) in [6, 6.07) is 2.28. The van der Waals surface area contributed by atoms with Gasteiger partial charge in [0.25, 0.3) is 0 Å². The Hall–Kier alpha value is -1.17. The summed E-state index contributed by atoms with van der Waals surface area (Å²) < 4.78 is 85.8. The first kappa shape index (κ1) is 19.2. The second kappa shape index (κ2) is 6.62. The van der Waals surface area contributed by atoms with Crippen molar-refractivity contribution in [3.8, 4) is 0 Å². The average Bonchev–Trinajstić information content (AvgIpc) is 2.39. The van der Waals surface area contributed by atoms with Crippen LogP contribution < -0.4 is 0 Å². The quantitative estimate of drug-likeness (QED) is 0.583. The molecule has 0 radical (unpaired) electrons. The van der Waals surface area contributed by atoms with Crippen LogP contribution in [0.2, 0.25) is 5.02 Å². The van der Waals surface area contributed by atoms with Crippen molar-refractivity contribution in [1.82, 2.24) is 5.06 Å². The number of alkyl halides is 6. The molecule has 1 aliphatic heterocycles. The minimum absolute atomic E-state index is 0.0727. The van der Waals surface area contributed by atoms with Crippen molar-refractivity contribution < 1.29 is 40.5 Å². The van der Waals surface area contributed by atoms with Crippen molar-refractivity contribution >= 4 is 28.7 Å². The van der Waals surface area contributed by atoms with E-state index in [0.717, 1.165) is 6.07 Å². The summed E-state index contributed by atoms with van der Waals surface area (Å²) in [4.78, 5) is 14.5. The molecule has 1 saturated heterocycles. The monoisotopic (exact) mass is 395 g/mol. The summed E-state index contributed by atoms with van der Waals surface area (Å²) in [5, 5.41) is -0.426. The molecule has 1 atom stereocenters. The number of hydroxylamine groups is 2. The summed E-state index contributed by atoms with van der Waals surface area (Å²) >= 11 is 3.84. The van der Waals surface area contributed by atoms with Gasteiger partial charge in [-0.1, -0.05) is 11.6 Å². The lowest BCUT2D eigenvalue weighted by atomic mass is 10.2. The molecule has 0 spiro atoms. The summed E-state index contributed by atoms with van der Waals surface area (Å²) in [5.41, 5.74) is -1.01. The standard InChI is InChI=1S/C12H8ClF6NO3S/c13-8-3-6(11(14,15)16)1-2-9(8)24(22)7-4-20(5-7)23-10(21)12(17,18)19/h1-3,7H,4-5H2. The van der Waals surface area contributed by atoms with Crippen LogP contribution in [0.4, 0.5) is 26.3 Å². The normalized spacial score (nSPS) is 18.2. The van der Waals surface area contributed by atoms with Crippen LogP contribution >= 0.6 is 11.6 Å². The van der Waals surface area contributed by atoms with Gasteiger partial charge in [-0.05, 0) is 29.4 Å². The number of rotatable bonds is 3. The van der Waals surface area contributed by atoms with Crippen LogP contribution in [0.25, 0.3) is 0 Å². The molecule has 0 amide bonds. The summed E-state index contributed by atoms with van der Waals surface area (Å²) in [5.74, 6) is -2.40. The van der Waals surface area contributed by atoms with Gasteiger partial charge in [0.05, 0.1) is 23.7 Å². The van der Waals surface area contributed by atoms with Gasteiger partial charge in [0.15, 0.2) is 10.1 Å². The highest BCUT2D eigenvalue weighted by molar-refractivity contribution is 7.92. The average molecular weight is 396 g/mol. The topological polar surface area (TPSA) is 52.6 Å². The zero-order chi connectivity index (χ0) is 18.3. The molecule has 24 heavy (non-hydrogen) atoms. The lowest BCUT2D eigenvalue weighted by Crippen LogP contribution is -2.55. The molecule has 0 bridgehead atoms. The van der Waals surface area contributed by atoms with Gasteiger partial charge in [-0.25, -0.2) is 4.79 Å². The first-order chi connectivity index (χ1) is 10.9. The van der Waals surface area contributed by atoms with Crippen LogP contribution in [0.5, 0.6) is 0 Å². The van der Waals surface area contributed by atoms with Crippen LogP contribution in [0, 0.1) is 0 Å². The third kappa shape index (κ3) is 4.26. The van der Waals surface area contributed by atoms with Gasteiger partial charge < -0.3 is 9.39 Å². The molecule has 1 fully saturated rings. The van der Waals surface area contributed by atoms with Gasteiger partial charge >= 0.3 is 18.3 Å².